The van der Waals surface area contributed by atoms with Crippen LogP contribution in [0.15, 0.2) is 36.4 Å². The van der Waals surface area contributed by atoms with Crippen molar-refractivity contribution in [2.24, 2.45) is 0 Å². The van der Waals surface area contributed by atoms with Crippen LogP contribution in [0.2, 0.25) is 0 Å². The molecule has 1 unspecified atom stereocenters. The van der Waals surface area contributed by atoms with Crippen molar-refractivity contribution in [2.75, 3.05) is 32.2 Å². The molecule has 1 heterocycles. The Kier molecular flexibility index (Phi) is 12.1. The van der Waals surface area contributed by atoms with E-state index in [1.807, 2.05) is 0 Å². The third-order valence-corrected chi connectivity index (χ3v) is 6.01. The van der Waals surface area contributed by atoms with Gasteiger partial charge in [-0.2, -0.15) is 26.3 Å². The van der Waals surface area contributed by atoms with E-state index in [0.29, 0.717) is 5.56 Å². The number of esters is 2. The summed E-state index contributed by atoms with van der Waals surface area (Å²) >= 11 is 0. The number of pyridine rings is 1. The molecular formula is C27H31F6N3O8. The average molecular weight is 640 g/mol. The largest absolute Gasteiger partial charge is 0.464 e. The number of aromatic nitrogens is 1. The molecular weight excluding hydrogens is 608 g/mol. The Balaban J connectivity index is 2.20. The highest BCUT2D eigenvalue weighted by molar-refractivity contribution is 5.92. The van der Waals surface area contributed by atoms with Gasteiger partial charge in [-0.1, -0.05) is 30.3 Å². The van der Waals surface area contributed by atoms with Crippen LogP contribution in [0, 0.1) is 10.1 Å². The van der Waals surface area contributed by atoms with E-state index in [1.54, 1.807) is 18.2 Å². The van der Waals surface area contributed by atoms with E-state index in [4.69, 9.17) is 9.47 Å². The van der Waals surface area contributed by atoms with Crippen LogP contribution in [0.25, 0.3) is 0 Å². The van der Waals surface area contributed by atoms with Crippen LogP contribution in [0.3, 0.4) is 0 Å². The Hall–Kier alpha value is -3.99. The van der Waals surface area contributed by atoms with Crippen molar-refractivity contribution in [1.82, 2.24) is 4.98 Å². The molecule has 244 valence electrons. The van der Waals surface area contributed by atoms with Crippen molar-refractivity contribution in [1.29, 1.82) is 0 Å². The average Bonchev–Trinajstić information content (AvgIpc) is 2.92. The fourth-order valence-corrected chi connectivity index (χ4v) is 3.91. The Morgan fingerprint density at radius 3 is 2.23 bits per heavy atom. The molecule has 0 amide bonds. The van der Waals surface area contributed by atoms with Gasteiger partial charge in [0.2, 0.25) is 5.69 Å². The Morgan fingerprint density at radius 1 is 1.07 bits per heavy atom. The zero-order chi connectivity index (χ0) is 33.3. The molecule has 1 atom stereocenters. The molecule has 0 spiro atoms. The maximum Gasteiger partial charge on any atom is 0.428 e. The highest BCUT2D eigenvalue weighted by atomic mass is 19.4. The molecule has 44 heavy (non-hydrogen) atoms. The first-order valence-electron chi connectivity index (χ1n) is 13.0. The van der Waals surface area contributed by atoms with Crippen LogP contribution in [-0.4, -0.2) is 66.1 Å². The number of methoxy groups -OCH3 is 1. The van der Waals surface area contributed by atoms with Gasteiger partial charge >= 0.3 is 30.0 Å². The fourth-order valence-electron chi connectivity index (χ4n) is 3.91. The molecule has 0 aliphatic rings. The van der Waals surface area contributed by atoms with Gasteiger partial charge in [0.15, 0.2) is 0 Å². The molecule has 0 aliphatic heterocycles. The second-order valence-electron chi connectivity index (χ2n) is 9.98. The summed E-state index contributed by atoms with van der Waals surface area (Å²) in [5, 5.41) is 13.7. The van der Waals surface area contributed by atoms with Crippen LogP contribution >= 0.6 is 0 Å². The minimum Gasteiger partial charge on any atom is -0.464 e. The van der Waals surface area contributed by atoms with Gasteiger partial charge < -0.3 is 24.3 Å². The second kappa shape index (κ2) is 14.7. The summed E-state index contributed by atoms with van der Waals surface area (Å²) in [7, 11) is 0.860. The van der Waals surface area contributed by atoms with Crippen molar-refractivity contribution >= 4 is 23.4 Å². The molecule has 0 bridgehead atoms. The number of carbonyl (C=O) groups is 2. The van der Waals surface area contributed by atoms with Gasteiger partial charge in [0.05, 0.1) is 37.4 Å². The lowest BCUT2D eigenvalue weighted by Gasteiger charge is -2.33. The third-order valence-electron chi connectivity index (χ3n) is 6.01. The number of hydrogen-bond donors (Lipinski definition) is 1. The first-order chi connectivity index (χ1) is 20.4. The number of anilines is 1. The van der Waals surface area contributed by atoms with Gasteiger partial charge in [0.1, 0.15) is 11.4 Å². The zero-order valence-corrected chi connectivity index (χ0v) is 24.1. The van der Waals surface area contributed by atoms with Crippen LogP contribution in [-0.2, 0) is 36.5 Å². The van der Waals surface area contributed by atoms with Crippen molar-refractivity contribution < 1.29 is 59.8 Å². The number of ether oxygens (including phenoxy) is 4. The number of carbonyl (C=O) groups excluding carboxylic acids is 2. The predicted molar refractivity (Wildman–Crippen MR) is 142 cm³/mol. The van der Waals surface area contributed by atoms with Gasteiger partial charge in [-0.15, -0.1) is 0 Å². The van der Waals surface area contributed by atoms with E-state index < -0.39 is 82.8 Å². The summed E-state index contributed by atoms with van der Waals surface area (Å²) in [5.41, 5.74) is -8.10. The third kappa shape index (κ3) is 9.25. The molecule has 1 aromatic carbocycles. The molecule has 0 aliphatic carbocycles. The van der Waals surface area contributed by atoms with E-state index in [-0.39, 0.29) is 25.7 Å². The van der Waals surface area contributed by atoms with Crippen molar-refractivity contribution in [3.8, 4) is 0 Å². The number of nitrogens with one attached hydrogen (secondary N) is 1. The number of benzene rings is 1. The van der Waals surface area contributed by atoms with Crippen molar-refractivity contribution in [3.63, 3.8) is 0 Å². The fraction of sp³-hybridized carbons (Fsp3) is 0.519. The van der Waals surface area contributed by atoms with Crippen molar-refractivity contribution in [2.45, 2.75) is 63.7 Å². The van der Waals surface area contributed by atoms with E-state index in [0.717, 1.165) is 7.11 Å². The Labute approximate surface area is 248 Å². The summed E-state index contributed by atoms with van der Waals surface area (Å²) in [5.74, 6) is -3.92. The van der Waals surface area contributed by atoms with E-state index >= 15 is 0 Å². The molecule has 2 rings (SSSR count). The van der Waals surface area contributed by atoms with Crippen LogP contribution in [0.1, 0.15) is 55.2 Å². The summed E-state index contributed by atoms with van der Waals surface area (Å²) in [6.45, 7) is 2.38. The molecule has 11 nitrogen and oxygen atoms in total. The van der Waals surface area contributed by atoms with E-state index in [9.17, 15) is 46.0 Å². The first-order valence-corrected chi connectivity index (χ1v) is 13.0. The summed E-state index contributed by atoms with van der Waals surface area (Å²) in [6, 6.07) is 7.99. The molecule has 17 heteroatoms. The van der Waals surface area contributed by atoms with Crippen molar-refractivity contribution in [3.05, 3.63) is 63.3 Å². The second-order valence-corrected chi connectivity index (χ2v) is 9.98. The molecule has 0 saturated heterocycles. The SMILES string of the molecule is CCOC(=O)C(CCCOCC(C)(C)Nc1nc(C(=O)OC)c([N+](=O)[O-])cc1C(F)(F)F)(OCc1ccccc1)C(F)(F)F. The number of nitro groups is 1. The highest BCUT2D eigenvalue weighted by Crippen LogP contribution is 2.40. The van der Waals surface area contributed by atoms with Gasteiger partial charge in [0, 0.05) is 12.7 Å². The number of nitrogens with zero attached hydrogens (tertiary/aromatic N) is 2. The van der Waals surface area contributed by atoms with E-state index in [2.05, 4.69) is 19.8 Å². The molecule has 1 N–H and O–H groups in total. The lowest BCUT2D eigenvalue weighted by Crippen LogP contribution is -2.55. The lowest BCUT2D eigenvalue weighted by atomic mass is 9.96. The maximum absolute atomic E-state index is 14.3. The predicted octanol–water partition coefficient (Wildman–Crippen LogP) is 5.86. The van der Waals surface area contributed by atoms with E-state index in [1.165, 1.54) is 32.9 Å². The summed E-state index contributed by atoms with van der Waals surface area (Å²) < 4.78 is 104. The Bertz CT molecular complexity index is 1300. The summed E-state index contributed by atoms with van der Waals surface area (Å²) in [6.07, 6.45) is -11.6. The molecule has 0 radical (unpaired) electrons. The molecule has 1 aromatic heterocycles. The Morgan fingerprint density at radius 2 is 1.70 bits per heavy atom. The van der Waals surface area contributed by atoms with Crippen LogP contribution in [0.4, 0.5) is 37.8 Å². The minimum absolute atomic E-state index is 0.139. The van der Waals surface area contributed by atoms with Gasteiger partial charge in [-0.05, 0) is 39.2 Å². The minimum atomic E-state index is -5.16. The topological polar surface area (TPSA) is 139 Å². The number of halogens is 6. The van der Waals surface area contributed by atoms with Crippen LogP contribution in [0.5, 0.6) is 0 Å². The highest BCUT2D eigenvalue weighted by Gasteiger charge is 2.62. The monoisotopic (exact) mass is 639 g/mol. The molecule has 0 saturated carbocycles. The number of hydrogen-bond acceptors (Lipinski definition) is 10. The van der Waals surface area contributed by atoms with Gasteiger partial charge in [-0.3, -0.25) is 10.1 Å². The number of rotatable bonds is 15. The quantitative estimate of drug-likeness (QED) is 0.0829. The lowest BCUT2D eigenvalue weighted by molar-refractivity contribution is -0.385. The zero-order valence-electron chi connectivity index (χ0n) is 24.1. The standard InChI is InChI=1S/C27H31F6N3O8/c1-5-43-23(38)25(27(31,32)33,44-15-17-10-7-6-8-11-17)12-9-13-42-16-24(2,3)35-21-18(26(28,29)30)14-19(36(39)40)20(34-21)22(37)41-4/h6-8,10-11,14H,5,9,12-13,15-16H2,1-4H3,(H,34,35). The first kappa shape index (κ1) is 36.2. The summed E-state index contributed by atoms with van der Waals surface area (Å²) in [4.78, 5) is 38.1. The van der Waals surface area contributed by atoms with Gasteiger partial charge in [0.25, 0.3) is 5.60 Å². The maximum atomic E-state index is 14.3. The normalized spacial score (nSPS) is 13.6. The van der Waals surface area contributed by atoms with Gasteiger partial charge in [-0.25, -0.2) is 14.6 Å². The molecule has 2 aromatic rings. The smallest absolute Gasteiger partial charge is 0.428 e. The number of alkyl halides is 6. The molecule has 0 fully saturated rings. The van der Waals surface area contributed by atoms with Crippen LogP contribution < -0.4 is 5.32 Å².